The molecular formula is C13H25NO3. The molecule has 2 aliphatic rings. The number of rotatable bonds is 6. The molecule has 2 fully saturated rings. The number of ether oxygens (including phenoxy) is 3. The average Bonchev–Trinajstić information content (AvgIpc) is 2.36. The molecule has 2 rings (SSSR count). The third kappa shape index (κ3) is 3.41. The summed E-state index contributed by atoms with van der Waals surface area (Å²) in [7, 11) is 0. The molecule has 0 aromatic rings. The quantitative estimate of drug-likeness (QED) is 0.764. The fraction of sp³-hybridized carbons (Fsp3) is 1.00. The number of likely N-dealkylation sites (N-methyl/N-ethyl adjacent to an activating group) is 1. The predicted molar refractivity (Wildman–Crippen MR) is 66.2 cm³/mol. The van der Waals surface area contributed by atoms with Crippen molar-refractivity contribution < 1.29 is 14.2 Å². The maximum absolute atomic E-state index is 6.12. The van der Waals surface area contributed by atoms with E-state index in [1.807, 2.05) is 6.92 Å². The van der Waals surface area contributed by atoms with E-state index in [1.54, 1.807) is 0 Å². The van der Waals surface area contributed by atoms with Crippen LogP contribution >= 0.6 is 0 Å². The summed E-state index contributed by atoms with van der Waals surface area (Å²) in [5.41, 5.74) is 0. The molecule has 17 heavy (non-hydrogen) atoms. The van der Waals surface area contributed by atoms with Gasteiger partial charge in [0.1, 0.15) is 0 Å². The minimum absolute atomic E-state index is 0.239. The summed E-state index contributed by atoms with van der Waals surface area (Å²) >= 11 is 0. The molecule has 1 N–H and O–H groups in total. The van der Waals surface area contributed by atoms with Gasteiger partial charge in [-0.1, -0.05) is 6.92 Å². The Labute approximate surface area is 104 Å². The van der Waals surface area contributed by atoms with E-state index in [1.165, 1.54) is 0 Å². The van der Waals surface area contributed by atoms with Crippen LogP contribution in [0.25, 0.3) is 0 Å². The Morgan fingerprint density at radius 3 is 2.65 bits per heavy atom. The maximum Gasteiger partial charge on any atom is 0.0990 e. The van der Waals surface area contributed by atoms with Crippen LogP contribution in [-0.4, -0.2) is 50.7 Å². The predicted octanol–water partition coefficient (Wildman–Crippen LogP) is 1.34. The summed E-state index contributed by atoms with van der Waals surface area (Å²) < 4.78 is 17.2. The van der Waals surface area contributed by atoms with E-state index in [0.717, 1.165) is 45.6 Å². The highest BCUT2D eigenvalue weighted by atomic mass is 16.6. The van der Waals surface area contributed by atoms with Gasteiger partial charge in [-0.3, -0.25) is 0 Å². The monoisotopic (exact) mass is 243 g/mol. The lowest BCUT2D eigenvalue weighted by atomic mass is 9.84. The normalized spacial score (nSPS) is 34.6. The van der Waals surface area contributed by atoms with Gasteiger partial charge in [-0.05, 0) is 32.7 Å². The highest BCUT2D eigenvalue weighted by Crippen LogP contribution is 2.30. The molecule has 3 unspecified atom stereocenters. The van der Waals surface area contributed by atoms with Crippen molar-refractivity contribution in [3.8, 4) is 0 Å². The minimum Gasteiger partial charge on any atom is -0.381 e. The van der Waals surface area contributed by atoms with Gasteiger partial charge in [-0.25, -0.2) is 0 Å². The van der Waals surface area contributed by atoms with E-state index in [0.29, 0.717) is 12.1 Å². The van der Waals surface area contributed by atoms with Crippen molar-refractivity contribution in [3.63, 3.8) is 0 Å². The molecule has 0 aromatic carbocycles. The zero-order valence-electron chi connectivity index (χ0n) is 11.0. The second-order valence-electron chi connectivity index (χ2n) is 4.81. The molecule has 0 amide bonds. The Balaban J connectivity index is 1.76. The standard InChI is InChI=1S/C13H25NO3/c1-3-14-11-9-12(13(11)16-4-2)17-10-5-7-15-8-6-10/h10-14H,3-9H2,1-2H3. The van der Waals surface area contributed by atoms with Crippen molar-refractivity contribution in [3.05, 3.63) is 0 Å². The second-order valence-corrected chi connectivity index (χ2v) is 4.81. The van der Waals surface area contributed by atoms with Gasteiger partial charge in [-0.15, -0.1) is 0 Å². The third-order valence-electron chi connectivity index (χ3n) is 3.61. The first-order valence-electron chi connectivity index (χ1n) is 6.93. The lowest BCUT2D eigenvalue weighted by Gasteiger charge is -2.45. The Bertz CT molecular complexity index is 219. The summed E-state index contributed by atoms with van der Waals surface area (Å²) in [5, 5.41) is 3.45. The van der Waals surface area contributed by atoms with Crippen molar-refractivity contribution in [1.82, 2.24) is 5.32 Å². The molecule has 4 heteroatoms. The molecular weight excluding hydrogens is 218 g/mol. The van der Waals surface area contributed by atoms with Gasteiger partial charge < -0.3 is 19.5 Å². The topological polar surface area (TPSA) is 39.7 Å². The summed E-state index contributed by atoms with van der Waals surface area (Å²) in [6.45, 7) is 7.63. The van der Waals surface area contributed by atoms with E-state index in [2.05, 4.69) is 12.2 Å². The molecule has 0 aromatic heterocycles. The van der Waals surface area contributed by atoms with Gasteiger partial charge >= 0.3 is 0 Å². The smallest absolute Gasteiger partial charge is 0.0990 e. The first-order valence-corrected chi connectivity index (χ1v) is 6.93. The van der Waals surface area contributed by atoms with E-state index in [9.17, 15) is 0 Å². The highest BCUT2D eigenvalue weighted by molar-refractivity contribution is 4.97. The second kappa shape index (κ2) is 6.69. The zero-order chi connectivity index (χ0) is 12.1. The number of hydrogen-bond acceptors (Lipinski definition) is 4. The number of hydrogen-bond donors (Lipinski definition) is 1. The van der Waals surface area contributed by atoms with Crippen molar-refractivity contribution in [2.45, 2.75) is 57.5 Å². The number of nitrogens with one attached hydrogen (secondary N) is 1. The maximum atomic E-state index is 6.12. The van der Waals surface area contributed by atoms with E-state index >= 15 is 0 Å². The van der Waals surface area contributed by atoms with Crippen LogP contribution in [0.5, 0.6) is 0 Å². The van der Waals surface area contributed by atoms with Crippen molar-refractivity contribution >= 4 is 0 Å². The average molecular weight is 243 g/mol. The van der Waals surface area contributed by atoms with Crippen LogP contribution in [-0.2, 0) is 14.2 Å². The van der Waals surface area contributed by atoms with Crippen molar-refractivity contribution in [2.24, 2.45) is 0 Å². The summed E-state index contributed by atoms with van der Waals surface area (Å²) in [4.78, 5) is 0. The van der Waals surface area contributed by atoms with E-state index < -0.39 is 0 Å². The lowest BCUT2D eigenvalue weighted by Crippen LogP contribution is -2.61. The summed E-state index contributed by atoms with van der Waals surface area (Å²) in [6.07, 6.45) is 4.03. The molecule has 4 nitrogen and oxygen atoms in total. The van der Waals surface area contributed by atoms with Crippen molar-refractivity contribution in [1.29, 1.82) is 0 Å². The Hall–Kier alpha value is -0.160. The van der Waals surface area contributed by atoms with Gasteiger partial charge in [-0.2, -0.15) is 0 Å². The molecule has 0 radical (unpaired) electrons. The molecule has 1 aliphatic carbocycles. The summed E-state index contributed by atoms with van der Waals surface area (Å²) in [5.74, 6) is 0. The van der Waals surface area contributed by atoms with Gasteiger partial charge in [0.2, 0.25) is 0 Å². The lowest BCUT2D eigenvalue weighted by molar-refractivity contribution is -0.178. The largest absolute Gasteiger partial charge is 0.381 e. The molecule has 0 spiro atoms. The zero-order valence-corrected chi connectivity index (χ0v) is 11.0. The van der Waals surface area contributed by atoms with Crippen LogP contribution in [0.3, 0.4) is 0 Å². The Kier molecular flexibility index (Phi) is 5.22. The molecule has 1 saturated carbocycles. The third-order valence-corrected chi connectivity index (χ3v) is 3.61. The fourth-order valence-electron chi connectivity index (χ4n) is 2.65. The van der Waals surface area contributed by atoms with Crippen LogP contribution in [0, 0.1) is 0 Å². The molecule has 100 valence electrons. The van der Waals surface area contributed by atoms with Crippen LogP contribution < -0.4 is 5.32 Å². The fourth-order valence-corrected chi connectivity index (χ4v) is 2.65. The van der Waals surface area contributed by atoms with Gasteiger partial charge in [0, 0.05) is 25.9 Å². The highest BCUT2D eigenvalue weighted by Gasteiger charge is 2.43. The SMILES string of the molecule is CCNC1CC(OC2CCOCC2)C1OCC. The van der Waals surface area contributed by atoms with E-state index in [-0.39, 0.29) is 12.2 Å². The molecule has 0 bridgehead atoms. The van der Waals surface area contributed by atoms with Gasteiger partial charge in [0.15, 0.2) is 0 Å². The Morgan fingerprint density at radius 1 is 1.24 bits per heavy atom. The first kappa shape index (κ1) is 13.3. The van der Waals surface area contributed by atoms with Crippen LogP contribution in [0.2, 0.25) is 0 Å². The molecule has 1 aliphatic heterocycles. The molecule has 1 saturated heterocycles. The minimum atomic E-state index is 0.239. The van der Waals surface area contributed by atoms with Crippen LogP contribution in [0.4, 0.5) is 0 Å². The van der Waals surface area contributed by atoms with E-state index in [4.69, 9.17) is 14.2 Å². The van der Waals surface area contributed by atoms with Crippen LogP contribution in [0.1, 0.15) is 33.1 Å². The molecule has 1 heterocycles. The first-order chi connectivity index (χ1) is 8.35. The van der Waals surface area contributed by atoms with Gasteiger partial charge in [0.05, 0.1) is 18.3 Å². The van der Waals surface area contributed by atoms with Gasteiger partial charge in [0.25, 0.3) is 0 Å². The van der Waals surface area contributed by atoms with Crippen LogP contribution in [0.15, 0.2) is 0 Å². The van der Waals surface area contributed by atoms with Crippen molar-refractivity contribution in [2.75, 3.05) is 26.4 Å². The summed E-state index contributed by atoms with van der Waals surface area (Å²) in [6, 6.07) is 0.477. The Morgan fingerprint density at radius 2 is 2.00 bits per heavy atom. The molecule has 3 atom stereocenters.